The Morgan fingerprint density at radius 3 is 2.74 bits per heavy atom. The molecule has 1 aliphatic rings. The second-order valence-corrected chi connectivity index (χ2v) is 6.79. The third-order valence-corrected chi connectivity index (χ3v) is 5.02. The van der Waals surface area contributed by atoms with Gasteiger partial charge in [-0.2, -0.15) is 0 Å². The summed E-state index contributed by atoms with van der Waals surface area (Å²) in [5, 5.41) is 3.72. The van der Waals surface area contributed by atoms with E-state index in [4.69, 9.17) is 0 Å². The SMILES string of the molecule is CCC1CNC(C)(CC)CN1c1ccc(C)cc1Br. The van der Waals surface area contributed by atoms with E-state index in [1.165, 1.54) is 22.1 Å². The van der Waals surface area contributed by atoms with Crippen LogP contribution in [0, 0.1) is 6.92 Å². The molecule has 1 aliphatic heterocycles. The number of rotatable bonds is 3. The van der Waals surface area contributed by atoms with Gasteiger partial charge in [0.15, 0.2) is 0 Å². The molecule has 1 heterocycles. The maximum Gasteiger partial charge on any atom is 0.0514 e. The van der Waals surface area contributed by atoms with Crippen molar-refractivity contribution in [2.45, 2.75) is 52.1 Å². The summed E-state index contributed by atoms with van der Waals surface area (Å²) < 4.78 is 1.21. The second kappa shape index (κ2) is 5.84. The minimum Gasteiger partial charge on any atom is -0.365 e. The van der Waals surface area contributed by atoms with Gasteiger partial charge in [-0.15, -0.1) is 0 Å². The van der Waals surface area contributed by atoms with E-state index in [1.54, 1.807) is 0 Å². The first-order valence-corrected chi connectivity index (χ1v) is 8.06. The lowest BCUT2D eigenvalue weighted by Gasteiger charge is -2.47. The standard InChI is InChI=1S/C16H25BrN2/c1-5-13-10-18-16(4,6-2)11-19(13)15-8-7-12(3)9-14(15)17/h7-9,13,18H,5-6,10-11H2,1-4H3. The molecule has 2 rings (SSSR count). The van der Waals surface area contributed by atoms with E-state index in [9.17, 15) is 0 Å². The Hall–Kier alpha value is -0.540. The first-order chi connectivity index (χ1) is 8.99. The van der Waals surface area contributed by atoms with Gasteiger partial charge in [0, 0.05) is 29.1 Å². The van der Waals surface area contributed by atoms with Crippen LogP contribution in [0.5, 0.6) is 0 Å². The van der Waals surface area contributed by atoms with Gasteiger partial charge in [0.2, 0.25) is 0 Å². The predicted octanol–water partition coefficient (Wildman–Crippen LogP) is 4.11. The van der Waals surface area contributed by atoms with Crippen LogP contribution >= 0.6 is 15.9 Å². The number of nitrogens with zero attached hydrogens (tertiary/aromatic N) is 1. The molecule has 3 heteroatoms. The third kappa shape index (κ3) is 3.14. The number of aryl methyl sites for hydroxylation is 1. The molecular formula is C16H25BrN2. The molecule has 19 heavy (non-hydrogen) atoms. The molecule has 106 valence electrons. The summed E-state index contributed by atoms with van der Waals surface area (Å²) in [6.45, 7) is 11.1. The Morgan fingerprint density at radius 1 is 1.42 bits per heavy atom. The van der Waals surface area contributed by atoms with E-state index in [2.05, 4.69) is 72.0 Å². The minimum atomic E-state index is 0.218. The van der Waals surface area contributed by atoms with Crippen molar-refractivity contribution < 1.29 is 0 Å². The van der Waals surface area contributed by atoms with Crippen molar-refractivity contribution in [3.05, 3.63) is 28.2 Å². The van der Waals surface area contributed by atoms with Crippen LogP contribution in [-0.2, 0) is 0 Å². The number of halogens is 1. The highest BCUT2D eigenvalue weighted by atomic mass is 79.9. The lowest BCUT2D eigenvalue weighted by Crippen LogP contribution is -2.62. The van der Waals surface area contributed by atoms with Crippen LogP contribution < -0.4 is 10.2 Å². The predicted molar refractivity (Wildman–Crippen MR) is 87.0 cm³/mol. The van der Waals surface area contributed by atoms with E-state index >= 15 is 0 Å². The van der Waals surface area contributed by atoms with Crippen molar-refractivity contribution in [1.29, 1.82) is 0 Å². The fourth-order valence-electron chi connectivity index (χ4n) is 2.76. The van der Waals surface area contributed by atoms with Gasteiger partial charge < -0.3 is 10.2 Å². The van der Waals surface area contributed by atoms with Crippen molar-refractivity contribution in [2.75, 3.05) is 18.0 Å². The van der Waals surface area contributed by atoms with Crippen LogP contribution in [0.4, 0.5) is 5.69 Å². The lowest BCUT2D eigenvalue weighted by atomic mass is 9.92. The third-order valence-electron chi connectivity index (χ3n) is 4.39. The van der Waals surface area contributed by atoms with Gasteiger partial charge in [0.25, 0.3) is 0 Å². The summed E-state index contributed by atoms with van der Waals surface area (Å²) in [5.74, 6) is 0. The molecule has 2 atom stereocenters. The molecule has 2 unspecified atom stereocenters. The molecule has 0 saturated carbocycles. The van der Waals surface area contributed by atoms with Crippen LogP contribution in [-0.4, -0.2) is 24.7 Å². The van der Waals surface area contributed by atoms with Crippen molar-refractivity contribution >= 4 is 21.6 Å². The Kier molecular flexibility index (Phi) is 4.57. The number of piperazine rings is 1. The van der Waals surface area contributed by atoms with Gasteiger partial charge in [-0.3, -0.25) is 0 Å². The molecule has 0 amide bonds. The van der Waals surface area contributed by atoms with Crippen LogP contribution in [0.2, 0.25) is 0 Å². The summed E-state index contributed by atoms with van der Waals surface area (Å²) in [5.41, 5.74) is 2.85. The van der Waals surface area contributed by atoms with Gasteiger partial charge in [-0.05, 0) is 60.3 Å². The smallest absolute Gasteiger partial charge is 0.0514 e. The Bertz CT molecular complexity index is 446. The Morgan fingerprint density at radius 2 is 2.16 bits per heavy atom. The maximum atomic E-state index is 3.74. The molecule has 0 bridgehead atoms. The number of anilines is 1. The maximum absolute atomic E-state index is 3.74. The minimum absolute atomic E-state index is 0.218. The highest BCUT2D eigenvalue weighted by molar-refractivity contribution is 9.10. The summed E-state index contributed by atoms with van der Waals surface area (Å²) >= 11 is 3.74. The van der Waals surface area contributed by atoms with Crippen molar-refractivity contribution in [1.82, 2.24) is 5.32 Å². The van der Waals surface area contributed by atoms with E-state index in [-0.39, 0.29) is 5.54 Å². The molecule has 1 aromatic rings. The Balaban J connectivity index is 2.32. The van der Waals surface area contributed by atoms with Gasteiger partial charge >= 0.3 is 0 Å². The first-order valence-electron chi connectivity index (χ1n) is 7.27. The van der Waals surface area contributed by atoms with Crippen molar-refractivity contribution in [2.24, 2.45) is 0 Å². The highest BCUT2D eigenvalue weighted by Gasteiger charge is 2.34. The fraction of sp³-hybridized carbons (Fsp3) is 0.625. The summed E-state index contributed by atoms with van der Waals surface area (Å²) in [6.07, 6.45) is 2.33. The van der Waals surface area contributed by atoms with E-state index in [0.29, 0.717) is 6.04 Å². The summed E-state index contributed by atoms with van der Waals surface area (Å²) in [4.78, 5) is 2.57. The lowest BCUT2D eigenvalue weighted by molar-refractivity contribution is 0.276. The molecule has 2 nitrogen and oxygen atoms in total. The zero-order chi connectivity index (χ0) is 14.0. The molecule has 0 spiro atoms. The molecule has 0 aromatic heterocycles. The average molecular weight is 325 g/mol. The van der Waals surface area contributed by atoms with E-state index < -0.39 is 0 Å². The molecule has 0 radical (unpaired) electrons. The van der Waals surface area contributed by atoms with E-state index in [1.807, 2.05) is 0 Å². The second-order valence-electron chi connectivity index (χ2n) is 5.94. The van der Waals surface area contributed by atoms with E-state index in [0.717, 1.165) is 19.5 Å². The highest BCUT2D eigenvalue weighted by Crippen LogP contribution is 2.32. The quantitative estimate of drug-likeness (QED) is 0.899. The van der Waals surface area contributed by atoms with Crippen LogP contribution in [0.15, 0.2) is 22.7 Å². The normalized spacial score (nSPS) is 27.6. The molecule has 0 aliphatic carbocycles. The van der Waals surface area contributed by atoms with Gasteiger partial charge in [-0.1, -0.05) is 19.9 Å². The average Bonchev–Trinajstić information content (AvgIpc) is 2.39. The molecule has 1 fully saturated rings. The molecule has 1 saturated heterocycles. The summed E-state index contributed by atoms with van der Waals surface area (Å²) in [6, 6.07) is 7.26. The zero-order valence-corrected chi connectivity index (χ0v) is 14.0. The van der Waals surface area contributed by atoms with Gasteiger partial charge in [-0.25, -0.2) is 0 Å². The number of hydrogen-bond donors (Lipinski definition) is 1. The number of nitrogens with one attached hydrogen (secondary N) is 1. The van der Waals surface area contributed by atoms with Crippen LogP contribution in [0.1, 0.15) is 39.2 Å². The van der Waals surface area contributed by atoms with Crippen LogP contribution in [0.25, 0.3) is 0 Å². The number of benzene rings is 1. The molecular weight excluding hydrogens is 300 g/mol. The first kappa shape index (κ1) is 14.9. The van der Waals surface area contributed by atoms with Gasteiger partial charge in [0.1, 0.15) is 0 Å². The van der Waals surface area contributed by atoms with Crippen LogP contribution in [0.3, 0.4) is 0 Å². The monoisotopic (exact) mass is 324 g/mol. The summed E-state index contributed by atoms with van der Waals surface area (Å²) in [7, 11) is 0. The zero-order valence-electron chi connectivity index (χ0n) is 12.5. The molecule has 1 aromatic carbocycles. The number of hydrogen-bond acceptors (Lipinski definition) is 2. The Labute approximate surface area is 125 Å². The topological polar surface area (TPSA) is 15.3 Å². The van der Waals surface area contributed by atoms with Crippen molar-refractivity contribution in [3.63, 3.8) is 0 Å². The molecule has 1 N–H and O–H groups in total. The fourth-order valence-corrected chi connectivity index (χ4v) is 3.48. The largest absolute Gasteiger partial charge is 0.365 e. The van der Waals surface area contributed by atoms with Crippen molar-refractivity contribution in [3.8, 4) is 0 Å². The van der Waals surface area contributed by atoms with Gasteiger partial charge in [0.05, 0.1) is 5.69 Å².